The predicted molar refractivity (Wildman–Crippen MR) is 62.3 cm³/mol. The Labute approximate surface area is 101 Å². The average molecular weight is 240 g/mol. The number of nitrogens with zero attached hydrogens (tertiary/aromatic N) is 1. The maximum Gasteiger partial charge on any atom is 0.243 e. The first-order chi connectivity index (χ1) is 8.15. The summed E-state index contributed by atoms with van der Waals surface area (Å²) in [7, 11) is 1.65. The van der Waals surface area contributed by atoms with Crippen molar-refractivity contribution in [3.8, 4) is 0 Å². The van der Waals surface area contributed by atoms with Crippen molar-refractivity contribution < 1.29 is 14.3 Å². The summed E-state index contributed by atoms with van der Waals surface area (Å²) >= 11 is 0. The van der Waals surface area contributed by atoms with Crippen LogP contribution in [0.25, 0.3) is 0 Å². The molecule has 2 rings (SSSR count). The van der Waals surface area contributed by atoms with Gasteiger partial charge in [-0.2, -0.15) is 0 Å². The van der Waals surface area contributed by atoms with Gasteiger partial charge in [-0.05, 0) is 32.1 Å². The van der Waals surface area contributed by atoms with Crippen LogP contribution >= 0.6 is 0 Å². The monoisotopic (exact) mass is 240 g/mol. The molecule has 1 heterocycles. The Morgan fingerprint density at radius 1 is 1.47 bits per heavy atom. The molecule has 2 unspecified atom stereocenters. The molecule has 1 saturated carbocycles. The first kappa shape index (κ1) is 12.4. The summed E-state index contributed by atoms with van der Waals surface area (Å²) in [5.41, 5.74) is 0. The Kier molecular flexibility index (Phi) is 3.66. The zero-order valence-corrected chi connectivity index (χ0v) is 10.4. The molecule has 2 aliphatic rings. The normalized spacial score (nSPS) is 26.9. The molecule has 0 bridgehead atoms. The molecule has 5 nitrogen and oxygen atoms in total. The van der Waals surface area contributed by atoms with E-state index in [0.29, 0.717) is 12.5 Å². The lowest BCUT2D eigenvalue weighted by molar-refractivity contribution is -0.149. The quantitative estimate of drug-likeness (QED) is 0.744. The van der Waals surface area contributed by atoms with Crippen molar-refractivity contribution in [2.24, 2.45) is 5.92 Å². The van der Waals surface area contributed by atoms with Gasteiger partial charge in [0.2, 0.25) is 11.8 Å². The van der Waals surface area contributed by atoms with Crippen molar-refractivity contribution in [1.29, 1.82) is 0 Å². The summed E-state index contributed by atoms with van der Waals surface area (Å²) in [5, 5.41) is 2.68. The Balaban J connectivity index is 2.07. The van der Waals surface area contributed by atoms with Gasteiger partial charge in [-0.1, -0.05) is 0 Å². The molecule has 1 aliphatic heterocycles. The maximum absolute atomic E-state index is 12.0. The van der Waals surface area contributed by atoms with Crippen LogP contribution in [0.3, 0.4) is 0 Å². The van der Waals surface area contributed by atoms with Crippen LogP contribution in [0.1, 0.15) is 26.2 Å². The summed E-state index contributed by atoms with van der Waals surface area (Å²) in [6, 6.07) is -0.179. The molecule has 5 heteroatoms. The molecular weight excluding hydrogens is 220 g/mol. The molecule has 0 spiro atoms. The molecule has 17 heavy (non-hydrogen) atoms. The summed E-state index contributed by atoms with van der Waals surface area (Å²) in [5.74, 6) is 0.408. The number of nitrogens with one attached hydrogen (secondary N) is 1. The summed E-state index contributed by atoms with van der Waals surface area (Å²) in [4.78, 5) is 25.6. The standard InChI is InChI=1S/C12H20N2O3/c1-8(5-6-17-2)14-10(15)7-13-12(16)11(14)9-3-4-9/h8-9,11H,3-7H2,1-2H3,(H,13,16). The highest BCUT2D eigenvalue weighted by Crippen LogP contribution is 2.37. The summed E-state index contributed by atoms with van der Waals surface area (Å²) in [6.07, 6.45) is 2.89. The topological polar surface area (TPSA) is 58.6 Å². The third kappa shape index (κ3) is 2.60. The summed E-state index contributed by atoms with van der Waals surface area (Å²) < 4.78 is 5.04. The van der Waals surface area contributed by atoms with Gasteiger partial charge in [0.15, 0.2) is 0 Å². The van der Waals surface area contributed by atoms with E-state index in [1.54, 1.807) is 12.0 Å². The van der Waals surface area contributed by atoms with Crippen LogP contribution in [0.5, 0.6) is 0 Å². The van der Waals surface area contributed by atoms with Gasteiger partial charge in [0, 0.05) is 19.8 Å². The zero-order chi connectivity index (χ0) is 12.4. The molecule has 0 aromatic carbocycles. The van der Waals surface area contributed by atoms with Gasteiger partial charge in [0.05, 0.1) is 6.54 Å². The molecular formula is C12H20N2O3. The minimum absolute atomic E-state index is 0.0105. The van der Waals surface area contributed by atoms with Gasteiger partial charge in [-0.25, -0.2) is 0 Å². The van der Waals surface area contributed by atoms with E-state index in [2.05, 4.69) is 5.32 Å². The fraction of sp³-hybridized carbons (Fsp3) is 0.833. The molecule has 96 valence electrons. The first-order valence-electron chi connectivity index (χ1n) is 6.23. The van der Waals surface area contributed by atoms with Crippen LogP contribution < -0.4 is 5.32 Å². The van der Waals surface area contributed by atoms with E-state index in [1.165, 1.54) is 0 Å². The average Bonchev–Trinajstić information content (AvgIpc) is 3.12. The molecule has 2 atom stereocenters. The number of rotatable bonds is 5. The van der Waals surface area contributed by atoms with Crippen LogP contribution in [-0.2, 0) is 14.3 Å². The number of hydrogen-bond donors (Lipinski definition) is 1. The number of piperazine rings is 1. The molecule has 1 N–H and O–H groups in total. The molecule has 2 fully saturated rings. The number of amides is 2. The fourth-order valence-electron chi connectivity index (χ4n) is 2.44. The van der Waals surface area contributed by atoms with Gasteiger partial charge in [-0.3, -0.25) is 9.59 Å². The van der Waals surface area contributed by atoms with E-state index in [4.69, 9.17) is 4.74 Å². The van der Waals surface area contributed by atoms with Gasteiger partial charge in [-0.15, -0.1) is 0 Å². The van der Waals surface area contributed by atoms with E-state index >= 15 is 0 Å². The van der Waals surface area contributed by atoms with Gasteiger partial charge >= 0.3 is 0 Å². The zero-order valence-electron chi connectivity index (χ0n) is 10.4. The molecule has 1 saturated heterocycles. The molecule has 1 aliphatic carbocycles. The highest BCUT2D eigenvalue weighted by molar-refractivity contribution is 5.95. The first-order valence-corrected chi connectivity index (χ1v) is 6.23. The van der Waals surface area contributed by atoms with Gasteiger partial charge in [0.25, 0.3) is 0 Å². The van der Waals surface area contributed by atoms with Gasteiger partial charge in [0.1, 0.15) is 6.04 Å². The fourth-order valence-corrected chi connectivity index (χ4v) is 2.44. The van der Waals surface area contributed by atoms with Crippen molar-refractivity contribution in [3.05, 3.63) is 0 Å². The van der Waals surface area contributed by atoms with Gasteiger partial charge < -0.3 is 15.0 Å². The number of carbonyl (C=O) groups excluding carboxylic acids is 2. The largest absolute Gasteiger partial charge is 0.385 e. The van der Waals surface area contributed by atoms with E-state index in [9.17, 15) is 9.59 Å². The second kappa shape index (κ2) is 5.04. The Hall–Kier alpha value is -1.10. The Morgan fingerprint density at radius 2 is 2.18 bits per heavy atom. The van der Waals surface area contributed by atoms with E-state index in [0.717, 1.165) is 19.3 Å². The minimum atomic E-state index is -0.247. The van der Waals surface area contributed by atoms with E-state index in [-0.39, 0.29) is 30.4 Å². The lowest BCUT2D eigenvalue weighted by Gasteiger charge is -2.39. The van der Waals surface area contributed by atoms with Crippen LogP contribution in [0.15, 0.2) is 0 Å². The van der Waals surface area contributed by atoms with Crippen molar-refractivity contribution in [1.82, 2.24) is 10.2 Å². The second-order valence-electron chi connectivity index (χ2n) is 4.93. The van der Waals surface area contributed by atoms with Crippen molar-refractivity contribution in [3.63, 3.8) is 0 Å². The van der Waals surface area contributed by atoms with Crippen molar-refractivity contribution in [2.45, 2.75) is 38.3 Å². The van der Waals surface area contributed by atoms with E-state index < -0.39 is 0 Å². The molecule has 0 aromatic rings. The smallest absolute Gasteiger partial charge is 0.243 e. The SMILES string of the molecule is COCCC(C)N1C(=O)CNC(=O)C1C1CC1. The Morgan fingerprint density at radius 3 is 2.76 bits per heavy atom. The molecule has 0 radical (unpaired) electrons. The number of carbonyl (C=O) groups is 2. The third-order valence-corrected chi connectivity index (χ3v) is 3.55. The molecule has 0 aromatic heterocycles. The van der Waals surface area contributed by atoms with Crippen molar-refractivity contribution >= 4 is 11.8 Å². The number of hydrogen-bond acceptors (Lipinski definition) is 3. The predicted octanol–water partition coefficient (Wildman–Crippen LogP) is 0.148. The maximum atomic E-state index is 12.0. The number of ether oxygens (including phenoxy) is 1. The number of methoxy groups -OCH3 is 1. The van der Waals surface area contributed by atoms with Crippen molar-refractivity contribution in [2.75, 3.05) is 20.3 Å². The lowest BCUT2D eigenvalue weighted by Crippen LogP contribution is -2.61. The van der Waals surface area contributed by atoms with Crippen LogP contribution in [0.2, 0.25) is 0 Å². The highest BCUT2D eigenvalue weighted by atomic mass is 16.5. The van der Waals surface area contributed by atoms with Crippen LogP contribution in [0, 0.1) is 5.92 Å². The third-order valence-electron chi connectivity index (χ3n) is 3.55. The lowest BCUT2D eigenvalue weighted by atomic mass is 10.0. The molecule has 2 amide bonds. The van der Waals surface area contributed by atoms with Crippen LogP contribution in [-0.4, -0.2) is 49.1 Å². The van der Waals surface area contributed by atoms with E-state index in [1.807, 2.05) is 6.92 Å². The minimum Gasteiger partial charge on any atom is -0.385 e. The summed E-state index contributed by atoms with van der Waals surface area (Å²) in [6.45, 7) is 2.74. The highest BCUT2D eigenvalue weighted by Gasteiger charge is 2.45. The Bertz CT molecular complexity index is 315. The second-order valence-corrected chi connectivity index (χ2v) is 4.93. The van der Waals surface area contributed by atoms with Crippen LogP contribution in [0.4, 0.5) is 0 Å².